The monoisotopic (exact) mass is 404 g/mol. The van der Waals surface area contributed by atoms with E-state index in [0.29, 0.717) is 18.0 Å². The van der Waals surface area contributed by atoms with Crippen LogP contribution in [-0.4, -0.2) is 46.6 Å². The Morgan fingerprint density at radius 3 is 2.86 bits per heavy atom. The summed E-state index contributed by atoms with van der Waals surface area (Å²) in [7, 11) is 1.33. The number of aromatic amines is 1. The number of methoxy groups -OCH3 is 1. The van der Waals surface area contributed by atoms with Crippen molar-refractivity contribution in [2.45, 2.75) is 38.8 Å². The molecule has 2 amide bonds. The molecule has 1 aliphatic rings. The number of hydrogen-bond donors (Lipinski definition) is 2. The van der Waals surface area contributed by atoms with Crippen LogP contribution in [-0.2, 0) is 16.0 Å². The third kappa shape index (κ3) is 3.85. The zero-order valence-corrected chi connectivity index (χ0v) is 17.0. The number of nitrogens with one attached hydrogen (secondary N) is 2. The smallest absolute Gasteiger partial charge is 0.328 e. The molecule has 1 aliphatic heterocycles. The van der Waals surface area contributed by atoms with Crippen molar-refractivity contribution < 1.29 is 14.3 Å². The van der Waals surface area contributed by atoms with Gasteiger partial charge < -0.3 is 19.9 Å². The largest absolute Gasteiger partial charge is 0.467 e. The first kappa shape index (κ1) is 20.2. The van der Waals surface area contributed by atoms with Gasteiger partial charge in [-0.05, 0) is 17.5 Å². The van der Waals surface area contributed by atoms with Gasteiger partial charge in [0.05, 0.1) is 19.1 Å². The van der Waals surface area contributed by atoms with Gasteiger partial charge in [0.2, 0.25) is 0 Å². The average Bonchev–Trinajstić information content (AvgIpc) is 3.19. The lowest BCUT2D eigenvalue weighted by atomic mass is 9.95. The van der Waals surface area contributed by atoms with Gasteiger partial charge in [-0.3, -0.25) is 0 Å². The summed E-state index contributed by atoms with van der Waals surface area (Å²) in [6.07, 6.45) is 3.01. The van der Waals surface area contributed by atoms with E-state index in [1.54, 1.807) is 17.3 Å². The van der Waals surface area contributed by atoms with Gasteiger partial charge in [0.1, 0.15) is 12.1 Å². The normalized spacial score (nSPS) is 18.1. The number of carbonyl (C=O) groups is 2. The molecule has 0 aliphatic carbocycles. The zero-order chi connectivity index (χ0) is 20.3. The Bertz CT molecular complexity index is 853. The van der Waals surface area contributed by atoms with Crippen LogP contribution in [0.4, 0.5) is 4.79 Å². The predicted octanol–water partition coefficient (Wildman–Crippen LogP) is 3.31. The molecule has 1 aromatic carbocycles. The van der Waals surface area contributed by atoms with Crippen molar-refractivity contribution in [1.29, 1.82) is 0 Å². The van der Waals surface area contributed by atoms with Gasteiger partial charge in [-0.1, -0.05) is 50.1 Å². The van der Waals surface area contributed by atoms with Crippen molar-refractivity contribution in [1.82, 2.24) is 20.2 Å². The number of aromatic nitrogens is 2. The summed E-state index contributed by atoms with van der Waals surface area (Å²) < 4.78 is 4.89. The number of fused-ring (bicyclic) bond motifs is 1. The van der Waals surface area contributed by atoms with Crippen molar-refractivity contribution in [3.63, 3.8) is 0 Å². The molecule has 0 spiro atoms. The molecule has 2 aromatic rings. The number of halogens is 1. The van der Waals surface area contributed by atoms with E-state index in [-0.39, 0.29) is 11.9 Å². The fraction of sp³-hybridized carbons (Fsp3) is 0.450. The van der Waals surface area contributed by atoms with Crippen LogP contribution < -0.4 is 5.32 Å². The van der Waals surface area contributed by atoms with E-state index >= 15 is 0 Å². The second-order valence-corrected chi connectivity index (χ2v) is 7.38. The lowest BCUT2D eigenvalue weighted by Gasteiger charge is -2.36. The van der Waals surface area contributed by atoms with Gasteiger partial charge >= 0.3 is 12.0 Å². The second-order valence-electron chi connectivity index (χ2n) is 6.97. The SMILES string of the molecule is CC[C@@H](C)[C@@H](NC(=O)N1CCc2[nH]cnc2[C@@H]1c1ccccc1Cl)C(=O)OC. The fourth-order valence-electron chi connectivity index (χ4n) is 3.52. The molecule has 28 heavy (non-hydrogen) atoms. The van der Waals surface area contributed by atoms with E-state index in [0.717, 1.165) is 23.4 Å². The highest BCUT2D eigenvalue weighted by Gasteiger charge is 2.37. The molecule has 3 rings (SSSR count). The van der Waals surface area contributed by atoms with Gasteiger partial charge in [0.25, 0.3) is 0 Å². The molecular weight excluding hydrogens is 380 g/mol. The number of ether oxygens (including phenoxy) is 1. The summed E-state index contributed by atoms with van der Waals surface area (Å²) in [5.74, 6) is -0.504. The molecule has 7 nitrogen and oxygen atoms in total. The maximum Gasteiger partial charge on any atom is 0.328 e. The highest BCUT2D eigenvalue weighted by Crippen LogP contribution is 2.36. The van der Waals surface area contributed by atoms with Crippen LogP contribution in [0.25, 0.3) is 0 Å². The molecule has 0 saturated carbocycles. The second kappa shape index (κ2) is 8.65. The molecule has 0 bridgehead atoms. The van der Waals surface area contributed by atoms with Gasteiger partial charge in [-0.25, -0.2) is 14.6 Å². The number of imidazole rings is 1. The van der Waals surface area contributed by atoms with Crippen molar-refractivity contribution in [3.8, 4) is 0 Å². The Kier molecular flexibility index (Phi) is 6.24. The Morgan fingerprint density at radius 2 is 2.18 bits per heavy atom. The quantitative estimate of drug-likeness (QED) is 0.748. The summed E-state index contributed by atoms with van der Waals surface area (Å²) in [5, 5.41) is 3.42. The minimum atomic E-state index is -0.713. The molecule has 3 atom stereocenters. The minimum Gasteiger partial charge on any atom is -0.467 e. The maximum absolute atomic E-state index is 13.2. The first-order chi connectivity index (χ1) is 13.5. The summed E-state index contributed by atoms with van der Waals surface area (Å²) in [5.41, 5.74) is 2.55. The van der Waals surface area contributed by atoms with Crippen LogP contribution in [0.15, 0.2) is 30.6 Å². The van der Waals surface area contributed by atoms with E-state index in [9.17, 15) is 9.59 Å². The first-order valence-corrected chi connectivity index (χ1v) is 9.77. The van der Waals surface area contributed by atoms with Crippen LogP contribution in [0.3, 0.4) is 0 Å². The zero-order valence-electron chi connectivity index (χ0n) is 16.2. The number of nitrogens with zero attached hydrogens (tertiary/aromatic N) is 2. The van der Waals surface area contributed by atoms with Gasteiger partial charge in [0.15, 0.2) is 0 Å². The van der Waals surface area contributed by atoms with E-state index in [4.69, 9.17) is 16.3 Å². The molecule has 2 heterocycles. The maximum atomic E-state index is 13.2. The first-order valence-electron chi connectivity index (χ1n) is 9.39. The topological polar surface area (TPSA) is 87.3 Å². The van der Waals surface area contributed by atoms with Crippen LogP contribution in [0.1, 0.15) is 43.3 Å². The van der Waals surface area contributed by atoms with Gasteiger partial charge in [0, 0.05) is 23.7 Å². The molecule has 0 unspecified atom stereocenters. The number of rotatable bonds is 5. The summed E-state index contributed by atoms with van der Waals surface area (Å²) in [4.78, 5) is 34.7. The third-order valence-corrected chi connectivity index (χ3v) is 5.68. The fourth-order valence-corrected chi connectivity index (χ4v) is 3.76. The number of esters is 1. The highest BCUT2D eigenvalue weighted by molar-refractivity contribution is 6.31. The minimum absolute atomic E-state index is 0.0547. The number of benzene rings is 1. The number of H-pyrrole nitrogens is 1. The number of hydrogen-bond acceptors (Lipinski definition) is 4. The Morgan fingerprint density at radius 1 is 1.43 bits per heavy atom. The van der Waals surface area contributed by atoms with Crippen LogP contribution in [0, 0.1) is 5.92 Å². The van der Waals surface area contributed by atoms with Crippen molar-refractivity contribution in [2.75, 3.05) is 13.7 Å². The van der Waals surface area contributed by atoms with Crippen molar-refractivity contribution in [2.24, 2.45) is 5.92 Å². The summed E-state index contributed by atoms with van der Waals surface area (Å²) in [6, 6.07) is 5.94. The molecule has 8 heteroatoms. The highest BCUT2D eigenvalue weighted by atomic mass is 35.5. The Balaban J connectivity index is 1.94. The molecular formula is C20H25ClN4O3. The van der Waals surface area contributed by atoms with Crippen LogP contribution in [0.2, 0.25) is 5.02 Å². The Hall–Kier alpha value is -2.54. The molecule has 0 saturated heterocycles. The number of amides is 2. The predicted molar refractivity (Wildman–Crippen MR) is 106 cm³/mol. The van der Waals surface area contributed by atoms with E-state index < -0.39 is 18.1 Å². The summed E-state index contributed by atoms with van der Waals surface area (Å²) >= 11 is 6.44. The van der Waals surface area contributed by atoms with Crippen molar-refractivity contribution in [3.05, 3.63) is 52.6 Å². The van der Waals surface area contributed by atoms with Crippen molar-refractivity contribution >= 4 is 23.6 Å². The van der Waals surface area contributed by atoms with Gasteiger partial charge in [-0.15, -0.1) is 0 Å². The number of carbonyl (C=O) groups excluding carboxylic acids is 2. The van der Waals surface area contributed by atoms with Crippen LogP contribution in [0.5, 0.6) is 0 Å². The van der Waals surface area contributed by atoms with Gasteiger partial charge in [-0.2, -0.15) is 0 Å². The molecule has 2 N–H and O–H groups in total. The lowest BCUT2D eigenvalue weighted by Crippen LogP contribution is -2.53. The summed E-state index contributed by atoms with van der Waals surface area (Å²) in [6.45, 7) is 4.36. The van der Waals surface area contributed by atoms with Crippen LogP contribution >= 0.6 is 11.6 Å². The van der Waals surface area contributed by atoms with E-state index in [2.05, 4.69) is 15.3 Å². The Labute approximate surface area is 169 Å². The molecule has 150 valence electrons. The third-order valence-electron chi connectivity index (χ3n) is 5.33. The molecule has 0 fully saturated rings. The number of urea groups is 1. The average molecular weight is 405 g/mol. The molecule has 1 aromatic heterocycles. The molecule has 0 radical (unpaired) electrons. The van der Waals surface area contributed by atoms with E-state index in [1.807, 2.05) is 32.0 Å². The van der Waals surface area contributed by atoms with E-state index in [1.165, 1.54) is 7.11 Å². The lowest BCUT2D eigenvalue weighted by molar-refractivity contribution is -0.144. The standard InChI is InChI=1S/C20H25ClN4O3/c1-4-12(2)16(19(26)28-3)24-20(27)25-10-9-15-17(23-11-22-15)18(25)13-7-5-6-8-14(13)21/h5-8,11-12,16,18H,4,9-10H2,1-3H3,(H,22,23)(H,24,27)/t12-,16-,18+/m1/s1.